The zero-order valence-corrected chi connectivity index (χ0v) is 44.4. The van der Waals surface area contributed by atoms with Gasteiger partial charge >= 0.3 is 17.9 Å². The van der Waals surface area contributed by atoms with Gasteiger partial charge in [0.1, 0.15) is 13.2 Å². The van der Waals surface area contributed by atoms with Crippen LogP contribution >= 0.6 is 0 Å². The summed E-state index contributed by atoms with van der Waals surface area (Å²) in [6.07, 6.45) is 69.2. The molecule has 0 aliphatic heterocycles. The molecule has 6 nitrogen and oxygen atoms in total. The summed E-state index contributed by atoms with van der Waals surface area (Å²) in [5.41, 5.74) is 0. The first-order valence-electron chi connectivity index (χ1n) is 28.8. The molecule has 0 saturated carbocycles. The molecule has 0 bridgehead atoms. The number of rotatable bonds is 52. The SMILES string of the molecule is CC/C=C\C/C=C\CCCCCCCCCC(=O)OCC(COC(=O)CCCCCCC/C=C\C=C/CCCCCCCCC)OC(=O)CCCCCCCCC/C=C\CCCCCCCC. The van der Waals surface area contributed by atoms with Crippen LogP contribution in [0.3, 0.4) is 0 Å². The third-order valence-corrected chi connectivity index (χ3v) is 12.5. The van der Waals surface area contributed by atoms with E-state index in [-0.39, 0.29) is 31.1 Å². The molecule has 0 rings (SSSR count). The van der Waals surface area contributed by atoms with E-state index in [1.54, 1.807) is 0 Å². The van der Waals surface area contributed by atoms with E-state index in [9.17, 15) is 14.4 Å². The molecule has 0 amide bonds. The predicted octanol–water partition coefficient (Wildman–Crippen LogP) is 19.2. The van der Waals surface area contributed by atoms with Gasteiger partial charge in [0.2, 0.25) is 0 Å². The summed E-state index contributed by atoms with van der Waals surface area (Å²) in [4.78, 5) is 38.1. The maximum absolute atomic E-state index is 12.9. The van der Waals surface area contributed by atoms with Gasteiger partial charge in [-0.05, 0) is 96.3 Å². The molecule has 0 aromatic rings. The van der Waals surface area contributed by atoms with Crippen LogP contribution in [0.1, 0.15) is 290 Å². The van der Waals surface area contributed by atoms with E-state index in [4.69, 9.17) is 14.2 Å². The maximum atomic E-state index is 12.9. The van der Waals surface area contributed by atoms with Gasteiger partial charge in [-0.15, -0.1) is 0 Å². The normalized spacial score (nSPS) is 12.5. The van der Waals surface area contributed by atoms with Crippen LogP contribution in [0.25, 0.3) is 0 Å². The molecule has 67 heavy (non-hydrogen) atoms. The summed E-state index contributed by atoms with van der Waals surface area (Å²) in [5, 5.41) is 0. The summed E-state index contributed by atoms with van der Waals surface area (Å²) in [6.45, 7) is 6.53. The van der Waals surface area contributed by atoms with E-state index in [1.165, 1.54) is 154 Å². The highest BCUT2D eigenvalue weighted by Gasteiger charge is 2.19. The lowest BCUT2D eigenvalue weighted by atomic mass is 10.1. The Morgan fingerprint density at radius 2 is 0.627 bits per heavy atom. The molecule has 0 aromatic heterocycles. The van der Waals surface area contributed by atoms with Crippen LogP contribution in [0, 0.1) is 0 Å². The molecule has 0 aliphatic carbocycles. The molecular formula is C61H108O6. The second kappa shape index (κ2) is 55.7. The van der Waals surface area contributed by atoms with E-state index >= 15 is 0 Å². The highest BCUT2D eigenvalue weighted by molar-refractivity contribution is 5.71. The van der Waals surface area contributed by atoms with Crippen molar-refractivity contribution in [2.45, 2.75) is 297 Å². The number of hydrogen-bond acceptors (Lipinski definition) is 6. The van der Waals surface area contributed by atoms with Crippen LogP contribution in [-0.2, 0) is 28.6 Å². The van der Waals surface area contributed by atoms with Crippen LogP contribution in [0.15, 0.2) is 60.8 Å². The summed E-state index contributed by atoms with van der Waals surface area (Å²) in [6, 6.07) is 0. The largest absolute Gasteiger partial charge is 0.462 e. The van der Waals surface area contributed by atoms with Gasteiger partial charge in [-0.25, -0.2) is 0 Å². The number of allylic oxidation sites excluding steroid dienone is 10. The van der Waals surface area contributed by atoms with Crippen LogP contribution in [0.5, 0.6) is 0 Å². The molecule has 0 N–H and O–H groups in total. The summed E-state index contributed by atoms with van der Waals surface area (Å²) < 4.78 is 16.9. The van der Waals surface area contributed by atoms with Gasteiger partial charge in [-0.1, -0.05) is 236 Å². The van der Waals surface area contributed by atoms with Crippen molar-refractivity contribution in [3.8, 4) is 0 Å². The molecule has 0 spiro atoms. The fourth-order valence-electron chi connectivity index (χ4n) is 8.17. The fraction of sp³-hybridized carbons (Fsp3) is 0.787. The molecule has 388 valence electrons. The van der Waals surface area contributed by atoms with Crippen LogP contribution in [0.2, 0.25) is 0 Å². The van der Waals surface area contributed by atoms with Crippen LogP contribution in [0.4, 0.5) is 0 Å². The quantitative estimate of drug-likeness (QED) is 0.0199. The minimum absolute atomic E-state index is 0.0845. The molecular weight excluding hydrogens is 829 g/mol. The summed E-state index contributed by atoms with van der Waals surface area (Å²) in [7, 11) is 0. The van der Waals surface area contributed by atoms with Crippen molar-refractivity contribution in [2.75, 3.05) is 13.2 Å². The van der Waals surface area contributed by atoms with Gasteiger partial charge in [0.15, 0.2) is 6.10 Å². The topological polar surface area (TPSA) is 78.9 Å². The molecule has 6 heteroatoms. The molecule has 0 heterocycles. The Bertz CT molecular complexity index is 1210. The van der Waals surface area contributed by atoms with E-state index in [2.05, 4.69) is 81.5 Å². The lowest BCUT2D eigenvalue weighted by molar-refractivity contribution is -0.167. The van der Waals surface area contributed by atoms with Crippen molar-refractivity contribution in [3.63, 3.8) is 0 Å². The van der Waals surface area contributed by atoms with Crippen molar-refractivity contribution in [1.29, 1.82) is 0 Å². The van der Waals surface area contributed by atoms with E-state index < -0.39 is 6.10 Å². The second-order valence-corrected chi connectivity index (χ2v) is 19.2. The summed E-state index contributed by atoms with van der Waals surface area (Å²) >= 11 is 0. The molecule has 0 aliphatic rings. The Kier molecular flexibility index (Phi) is 53.3. The Balaban J connectivity index is 4.40. The van der Waals surface area contributed by atoms with Gasteiger partial charge in [-0.2, -0.15) is 0 Å². The number of esters is 3. The van der Waals surface area contributed by atoms with Crippen molar-refractivity contribution in [3.05, 3.63) is 60.8 Å². The van der Waals surface area contributed by atoms with Gasteiger partial charge in [0.25, 0.3) is 0 Å². The van der Waals surface area contributed by atoms with Crippen molar-refractivity contribution in [1.82, 2.24) is 0 Å². The van der Waals surface area contributed by atoms with E-state index in [0.717, 1.165) is 96.3 Å². The molecule has 0 radical (unpaired) electrons. The fourth-order valence-corrected chi connectivity index (χ4v) is 8.17. The summed E-state index contributed by atoms with van der Waals surface area (Å²) in [5.74, 6) is -0.902. The molecule has 0 saturated heterocycles. The number of carbonyl (C=O) groups is 3. The first-order chi connectivity index (χ1) is 33.0. The third-order valence-electron chi connectivity index (χ3n) is 12.5. The van der Waals surface area contributed by atoms with Gasteiger partial charge in [0.05, 0.1) is 0 Å². The lowest BCUT2D eigenvalue weighted by Crippen LogP contribution is -2.30. The first kappa shape index (κ1) is 64.1. The number of carbonyl (C=O) groups excluding carboxylic acids is 3. The van der Waals surface area contributed by atoms with Gasteiger partial charge in [-0.3, -0.25) is 14.4 Å². The van der Waals surface area contributed by atoms with E-state index in [0.29, 0.717) is 19.3 Å². The zero-order valence-electron chi connectivity index (χ0n) is 44.4. The van der Waals surface area contributed by atoms with Crippen molar-refractivity contribution >= 4 is 17.9 Å². The first-order valence-corrected chi connectivity index (χ1v) is 28.8. The number of ether oxygens (including phenoxy) is 3. The number of unbranched alkanes of at least 4 members (excludes halogenated alkanes) is 32. The smallest absolute Gasteiger partial charge is 0.306 e. The predicted molar refractivity (Wildman–Crippen MR) is 288 cm³/mol. The monoisotopic (exact) mass is 937 g/mol. The second-order valence-electron chi connectivity index (χ2n) is 19.2. The molecule has 0 fully saturated rings. The Hall–Kier alpha value is -2.89. The Morgan fingerprint density at radius 1 is 0.328 bits per heavy atom. The maximum Gasteiger partial charge on any atom is 0.306 e. The molecule has 0 aromatic carbocycles. The third kappa shape index (κ3) is 53.9. The molecule has 1 unspecified atom stereocenters. The Morgan fingerprint density at radius 3 is 1.00 bits per heavy atom. The zero-order chi connectivity index (χ0) is 48.6. The van der Waals surface area contributed by atoms with Gasteiger partial charge in [0, 0.05) is 19.3 Å². The average molecular weight is 938 g/mol. The van der Waals surface area contributed by atoms with Crippen LogP contribution < -0.4 is 0 Å². The van der Waals surface area contributed by atoms with Crippen LogP contribution in [-0.4, -0.2) is 37.2 Å². The lowest BCUT2D eigenvalue weighted by Gasteiger charge is -2.18. The number of hydrogen-bond donors (Lipinski definition) is 0. The minimum atomic E-state index is -0.786. The van der Waals surface area contributed by atoms with Gasteiger partial charge < -0.3 is 14.2 Å². The van der Waals surface area contributed by atoms with E-state index in [1.807, 2.05) is 0 Å². The van der Waals surface area contributed by atoms with Crippen molar-refractivity contribution in [2.24, 2.45) is 0 Å². The molecule has 1 atom stereocenters. The minimum Gasteiger partial charge on any atom is -0.462 e. The standard InChI is InChI=1S/C61H108O6/c1-4-7-10-13-16-19-22-25-28-30-32-33-36-39-42-45-48-51-54-60(63)66-57-58(56-65-59(62)53-50-47-44-41-38-35-27-24-21-18-15-12-9-6-3)67-61(64)55-52-49-46-43-40-37-34-31-29-26-23-20-17-14-11-8-5-2/h9,12,18,21,26,28-30,32-33,58H,4-8,10-11,13-17,19-20,22-25,27,31,34-57H2,1-3H3/b12-9-,21-18-,29-26-,30-28-,33-32-. The van der Waals surface area contributed by atoms with Crippen molar-refractivity contribution < 1.29 is 28.6 Å². The Labute approximate surface area is 415 Å². The highest BCUT2D eigenvalue weighted by Crippen LogP contribution is 2.15. The average Bonchev–Trinajstić information content (AvgIpc) is 3.33. The highest BCUT2D eigenvalue weighted by atomic mass is 16.6.